The third-order valence-corrected chi connectivity index (χ3v) is 3.21. The zero-order chi connectivity index (χ0) is 11.7. The average Bonchev–Trinajstić information content (AvgIpc) is 2.66. The highest BCUT2D eigenvalue weighted by Crippen LogP contribution is 2.26. The first-order valence-corrected chi connectivity index (χ1v) is 5.54. The monoisotopic (exact) mass is 223 g/mol. The number of anilines is 2. The second kappa shape index (κ2) is 4.29. The Morgan fingerprint density at radius 2 is 2.19 bits per heavy atom. The van der Waals surface area contributed by atoms with E-state index >= 15 is 0 Å². The van der Waals surface area contributed by atoms with Crippen LogP contribution in [0.2, 0.25) is 0 Å². The minimum atomic E-state index is -0.223. The maximum absolute atomic E-state index is 13.7. The van der Waals surface area contributed by atoms with E-state index in [2.05, 4.69) is 23.9 Å². The summed E-state index contributed by atoms with van der Waals surface area (Å²) in [6.45, 7) is 1.79. The first-order chi connectivity index (χ1) is 7.58. The number of nitrogens with two attached hydrogens (primary N) is 1. The molecule has 1 heterocycles. The molecule has 2 N–H and O–H groups in total. The lowest BCUT2D eigenvalue weighted by atomic mass is 10.2. The highest BCUT2D eigenvalue weighted by atomic mass is 19.1. The van der Waals surface area contributed by atoms with Gasteiger partial charge in [-0.15, -0.1) is 0 Å². The predicted molar refractivity (Wildman–Crippen MR) is 65.1 cm³/mol. The van der Waals surface area contributed by atoms with Crippen LogP contribution in [0.5, 0.6) is 0 Å². The van der Waals surface area contributed by atoms with Crippen LogP contribution >= 0.6 is 0 Å². The van der Waals surface area contributed by atoms with Crippen LogP contribution in [0.4, 0.5) is 15.8 Å². The lowest BCUT2D eigenvalue weighted by Gasteiger charge is -2.22. The summed E-state index contributed by atoms with van der Waals surface area (Å²) in [7, 11) is 4.13. The maximum atomic E-state index is 13.7. The number of rotatable bonds is 2. The Morgan fingerprint density at radius 3 is 2.75 bits per heavy atom. The molecule has 2 rings (SSSR count). The van der Waals surface area contributed by atoms with Gasteiger partial charge in [-0.2, -0.15) is 0 Å². The van der Waals surface area contributed by atoms with Gasteiger partial charge < -0.3 is 15.5 Å². The van der Waals surface area contributed by atoms with Gasteiger partial charge in [0.25, 0.3) is 0 Å². The highest BCUT2D eigenvalue weighted by molar-refractivity contribution is 5.55. The number of nitrogen functional groups attached to an aromatic ring is 1. The standard InChI is InChI=1S/C12H18FN3/c1-15(2)10-5-6-16(8-10)12-4-3-9(14)7-11(12)13/h3-4,7,10H,5-6,8,14H2,1-2H3/t10-/m1/s1. The SMILES string of the molecule is CN(C)[C@@H]1CCN(c2ccc(N)cc2F)C1. The third kappa shape index (κ3) is 2.11. The zero-order valence-corrected chi connectivity index (χ0v) is 9.78. The number of benzene rings is 1. The van der Waals surface area contributed by atoms with Crippen LogP contribution < -0.4 is 10.6 Å². The molecule has 0 aromatic heterocycles. The minimum Gasteiger partial charge on any atom is -0.399 e. The van der Waals surface area contributed by atoms with Crippen molar-refractivity contribution in [3.63, 3.8) is 0 Å². The summed E-state index contributed by atoms with van der Waals surface area (Å²) in [5, 5.41) is 0. The molecule has 0 spiro atoms. The second-order valence-electron chi connectivity index (χ2n) is 4.56. The molecular formula is C12H18FN3. The Hall–Kier alpha value is -1.29. The zero-order valence-electron chi connectivity index (χ0n) is 9.78. The van der Waals surface area contributed by atoms with Gasteiger partial charge in [-0.1, -0.05) is 0 Å². The maximum Gasteiger partial charge on any atom is 0.148 e. The second-order valence-corrected chi connectivity index (χ2v) is 4.56. The molecule has 1 aliphatic heterocycles. The normalized spacial score (nSPS) is 20.8. The lowest BCUT2D eigenvalue weighted by molar-refractivity contribution is 0.315. The molecule has 3 nitrogen and oxygen atoms in total. The van der Waals surface area contributed by atoms with Crippen molar-refractivity contribution in [1.29, 1.82) is 0 Å². The summed E-state index contributed by atoms with van der Waals surface area (Å²) in [5.41, 5.74) is 6.68. The molecular weight excluding hydrogens is 205 g/mol. The summed E-state index contributed by atoms with van der Waals surface area (Å²) in [6, 6.07) is 5.42. The summed E-state index contributed by atoms with van der Waals surface area (Å²) in [6.07, 6.45) is 1.08. The van der Waals surface area contributed by atoms with E-state index in [1.54, 1.807) is 12.1 Å². The number of likely N-dealkylation sites (N-methyl/N-ethyl adjacent to an activating group) is 1. The van der Waals surface area contributed by atoms with Crippen molar-refractivity contribution in [2.24, 2.45) is 0 Å². The van der Waals surface area contributed by atoms with Gasteiger partial charge >= 0.3 is 0 Å². The fourth-order valence-corrected chi connectivity index (χ4v) is 2.16. The van der Waals surface area contributed by atoms with Gasteiger partial charge in [-0.05, 0) is 38.7 Å². The first kappa shape index (κ1) is 11.2. The van der Waals surface area contributed by atoms with Gasteiger partial charge in [0.1, 0.15) is 5.82 Å². The van der Waals surface area contributed by atoms with Crippen LogP contribution in [0.25, 0.3) is 0 Å². The van der Waals surface area contributed by atoms with E-state index in [1.165, 1.54) is 6.07 Å². The van der Waals surface area contributed by atoms with Crippen molar-refractivity contribution in [2.75, 3.05) is 37.8 Å². The van der Waals surface area contributed by atoms with Crippen LogP contribution in [-0.4, -0.2) is 38.1 Å². The van der Waals surface area contributed by atoms with Crippen LogP contribution in [0, 0.1) is 5.82 Å². The van der Waals surface area contributed by atoms with E-state index in [0.717, 1.165) is 19.5 Å². The van der Waals surface area contributed by atoms with E-state index in [4.69, 9.17) is 5.73 Å². The molecule has 1 atom stereocenters. The van der Waals surface area contributed by atoms with Crippen molar-refractivity contribution in [3.05, 3.63) is 24.0 Å². The van der Waals surface area contributed by atoms with Crippen LogP contribution in [0.15, 0.2) is 18.2 Å². The molecule has 1 aromatic carbocycles. The highest BCUT2D eigenvalue weighted by Gasteiger charge is 2.25. The average molecular weight is 223 g/mol. The molecule has 88 valence electrons. The first-order valence-electron chi connectivity index (χ1n) is 5.54. The number of hydrogen-bond donors (Lipinski definition) is 1. The van der Waals surface area contributed by atoms with Gasteiger partial charge in [-0.3, -0.25) is 0 Å². The quantitative estimate of drug-likeness (QED) is 0.772. The molecule has 1 saturated heterocycles. The van der Waals surface area contributed by atoms with Gasteiger partial charge in [-0.25, -0.2) is 4.39 Å². The molecule has 1 fully saturated rings. The predicted octanol–water partition coefficient (Wildman–Crippen LogP) is 1.55. The molecule has 0 radical (unpaired) electrons. The molecule has 0 amide bonds. The molecule has 16 heavy (non-hydrogen) atoms. The third-order valence-electron chi connectivity index (χ3n) is 3.21. The van der Waals surface area contributed by atoms with E-state index in [1.807, 2.05) is 0 Å². The summed E-state index contributed by atoms with van der Waals surface area (Å²) in [4.78, 5) is 4.27. The lowest BCUT2D eigenvalue weighted by Crippen LogP contribution is -2.31. The summed E-state index contributed by atoms with van der Waals surface area (Å²) < 4.78 is 13.7. The van der Waals surface area contributed by atoms with Crippen molar-refractivity contribution >= 4 is 11.4 Å². The Kier molecular flexibility index (Phi) is 3.01. The fourth-order valence-electron chi connectivity index (χ4n) is 2.16. The van der Waals surface area contributed by atoms with E-state index < -0.39 is 0 Å². The van der Waals surface area contributed by atoms with Gasteiger partial charge in [0.05, 0.1) is 5.69 Å². The van der Waals surface area contributed by atoms with Crippen molar-refractivity contribution in [2.45, 2.75) is 12.5 Å². The molecule has 0 saturated carbocycles. The van der Waals surface area contributed by atoms with E-state index in [9.17, 15) is 4.39 Å². The molecule has 0 bridgehead atoms. The minimum absolute atomic E-state index is 0.223. The molecule has 0 aliphatic carbocycles. The van der Waals surface area contributed by atoms with E-state index in [-0.39, 0.29) is 5.82 Å². The largest absolute Gasteiger partial charge is 0.399 e. The molecule has 0 unspecified atom stereocenters. The number of halogens is 1. The Balaban J connectivity index is 2.14. The smallest absolute Gasteiger partial charge is 0.148 e. The molecule has 1 aromatic rings. The Morgan fingerprint density at radius 1 is 1.44 bits per heavy atom. The Bertz CT molecular complexity index is 379. The van der Waals surface area contributed by atoms with Crippen molar-refractivity contribution < 1.29 is 4.39 Å². The molecule has 1 aliphatic rings. The van der Waals surface area contributed by atoms with Gasteiger partial charge in [0.15, 0.2) is 0 Å². The molecule has 4 heteroatoms. The van der Waals surface area contributed by atoms with Crippen LogP contribution in [0.1, 0.15) is 6.42 Å². The van der Waals surface area contributed by atoms with Crippen LogP contribution in [-0.2, 0) is 0 Å². The summed E-state index contributed by atoms with van der Waals surface area (Å²) >= 11 is 0. The number of hydrogen-bond acceptors (Lipinski definition) is 3. The van der Waals surface area contributed by atoms with Gasteiger partial charge in [0, 0.05) is 24.8 Å². The topological polar surface area (TPSA) is 32.5 Å². The number of nitrogens with zero attached hydrogens (tertiary/aromatic N) is 2. The van der Waals surface area contributed by atoms with Crippen LogP contribution in [0.3, 0.4) is 0 Å². The van der Waals surface area contributed by atoms with Crippen molar-refractivity contribution in [3.8, 4) is 0 Å². The van der Waals surface area contributed by atoms with E-state index in [0.29, 0.717) is 17.4 Å². The van der Waals surface area contributed by atoms with Gasteiger partial charge in [0.2, 0.25) is 0 Å². The fraction of sp³-hybridized carbons (Fsp3) is 0.500. The van der Waals surface area contributed by atoms with Crippen molar-refractivity contribution in [1.82, 2.24) is 4.90 Å². The summed E-state index contributed by atoms with van der Waals surface area (Å²) in [5.74, 6) is -0.223. The Labute approximate surface area is 95.6 Å².